The summed E-state index contributed by atoms with van der Waals surface area (Å²) in [5, 5.41) is 9.16. The molecule has 0 bridgehead atoms. The molecule has 7 nitrogen and oxygen atoms in total. The predicted molar refractivity (Wildman–Crippen MR) is 88.7 cm³/mol. The van der Waals surface area contributed by atoms with E-state index in [9.17, 15) is 14.4 Å². The predicted octanol–water partition coefficient (Wildman–Crippen LogP) is 1.05. The quantitative estimate of drug-likeness (QED) is 0.881. The van der Waals surface area contributed by atoms with Crippen molar-refractivity contribution in [2.24, 2.45) is 0 Å². The third-order valence-electron chi connectivity index (χ3n) is 4.67. The maximum Gasteiger partial charge on any atom is 0.334 e. The summed E-state index contributed by atoms with van der Waals surface area (Å²) in [6.45, 7) is 1.04. The summed E-state index contributed by atoms with van der Waals surface area (Å²) < 4.78 is 5.20. The number of carbonyl (C=O) groups excluding carboxylic acids is 2. The zero-order chi connectivity index (χ0) is 17.8. The van der Waals surface area contributed by atoms with Crippen molar-refractivity contribution in [2.75, 3.05) is 26.2 Å². The third kappa shape index (κ3) is 3.82. The number of hydrogen-bond donors (Lipinski definition) is 1. The Morgan fingerprint density at radius 3 is 2.60 bits per heavy atom. The highest BCUT2D eigenvalue weighted by atomic mass is 16.5. The zero-order valence-corrected chi connectivity index (χ0v) is 14.0. The number of likely N-dealkylation sites (tertiary alicyclic amines) is 1. The normalized spacial score (nSPS) is 22.6. The van der Waals surface area contributed by atoms with E-state index >= 15 is 0 Å². The summed E-state index contributed by atoms with van der Waals surface area (Å²) >= 11 is 0. The first kappa shape index (κ1) is 17.4. The van der Waals surface area contributed by atoms with E-state index in [4.69, 9.17) is 9.84 Å². The molecule has 1 aromatic carbocycles. The molecular weight excluding hydrogens is 324 g/mol. The van der Waals surface area contributed by atoms with Crippen LogP contribution in [0.15, 0.2) is 30.3 Å². The van der Waals surface area contributed by atoms with Gasteiger partial charge in [-0.05, 0) is 18.4 Å². The summed E-state index contributed by atoms with van der Waals surface area (Å²) in [4.78, 5) is 39.9. The average Bonchev–Trinajstić information content (AvgIpc) is 2.64. The molecule has 3 rings (SSSR count). The second-order valence-electron chi connectivity index (χ2n) is 6.34. The highest BCUT2D eigenvalue weighted by Crippen LogP contribution is 2.28. The Labute approximate surface area is 146 Å². The number of morpholine rings is 1. The smallest absolute Gasteiger partial charge is 0.334 e. The van der Waals surface area contributed by atoms with Crippen LogP contribution in [-0.2, 0) is 19.1 Å². The first-order valence-corrected chi connectivity index (χ1v) is 8.55. The van der Waals surface area contributed by atoms with Crippen LogP contribution in [0.1, 0.15) is 30.9 Å². The molecule has 0 unspecified atom stereocenters. The largest absolute Gasteiger partial charge is 0.479 e. The minimum Gasteiger partial charge on any atom is -0.479 e. The van der Waals surface area contributed by atoms with E-state index in [1.807, 2.05) is 30.3 Å². The number of carboxylic acids is 1. The van der Waals surface area contributed by atoms with Crippen LogP contribution in [0.2, 0.25) is 0 Å². The van der Waals surface area contributed by atoms with Crippen molar-refractivity contribution in [3.63, 3.8) is 0 Å². The van der Waals surface area contributed by atoms with E-state index in [-0.39, 0.29) is 25.0 Å². The highest BCUT2D eigenvalue weighted by molar-refractivity contribution is 5.89. The van der Waals surface area contributed by atoms with E-state index in [1.165, 1.54) is 4.90 Å². The van der Waals surface area contributed by atoms with E-state index in [2.05, 4.69) is 0 Å². The Morgan fingerprint density at radius 1 is 1.16 bits per heavy atom. The van der Waals surface area contributed by atoms with Gasteiger partial charge in [0.2, 0.25) is 11.8 Å². The van der Waals surface area contributed by atoms with Gasteiger partial charge in [-0.25, -0.2) is 4.79 Å². The number of hydrogen-bond acceptors (Lipinski definition) is 4. The molecule has 0 radical (unpaired) electrons. The van der Waals surface area contributed by atoms with Gasteiger partial charge in [0.25, 0.3) is 0 Å². The molecule has 0 aliphatic carbocycles. The van der Waals surface area contributed by atoms with Crippen LogP contribution >= 0.6 is 0 Å². The molecule has 1 N–H and O–H groups in total. The Kier molecular flexibility index (Phi) is 5.33. The summed E-state index contributed by atoms with van der Waals surface area (Å²) in [5.41, 5.74) is 0.751. The molecule has 134 valence electrons. The molecule has 25 heavy (non-hydrogen) atoms. The first-order chi connectivity index (χ1) is 12.1. The molecule has 2 atom stereocenters. The SMILES string of the molecule is O=C(O)[C@H]1CN(C(=O)[C@H](c2ccccc2)N2CCCCC2=O)CCO1. The number of carboxylic acid groups (broad SMARTS) is 1. The maximum absolute atomic E-state index is 13.2. The molecule has 2 saturated heterocycles. The maximum atomic E-state index is 13.2. The lowest BCUT2D eigenvalue weighted by molar-refractivity contribution is -0.162. The molecule has 0 saturated carbocycles. The van der Waals surface area contributed by atoms with E-state index in [0.717, 1.165) is 18.4 Å². The van der Waals surface area contributed by atoms with Crippen molar-refractivity contribution in [3.8, 4) is 0 Å². The van der Waals surface area contributed by atoms with Gasteiger partial charge in [-0.15, -0.1) is 0 Å². The number of nitrogens with zero attached hydrogens (tertiary/aromatic N) is 2. The third-order valence-corrected chi connectivity index (χ3v) is 4.67. The second kappa shape index (κ2) is 7.65. The van der Waals surface area contributed by atoms with Crippen LogP contribution in [0.3, 0.4) is 0 Å². The summed E-state index contributed by atoms with van der Waals surface area (Å²) in [5.74, 6) is -1.35. The molecular formula is C18H22N2O5. The Balaban J connectivity index is 1.87. The van der Waals surface area contributed by atoms with Gasteiger partial charge in [0.15, 0.2) is 6.10 Å². The van der Waals surface area contributed by atoms with Gasteiger partial charge < -0.3 is 19.6 Å². The van der Waals surface area contributed by atoms with Crippen molar-refractivity contribution in [1.82, 2.24) is 9.80 Å². The molecule has 2 aliphatic heterocycles. The van der Waals surface area contributed by atoms with E-state index in [0.29, 0.717) is 19.5 Å². The number of aliphatic carboxylic acids is 1. The molecule has 1 aromatic rings. The lowest BCUT2D eigenvalue weighted by Crippen LogP contribution is -2.53. The van der Waals surface area contributed by atoms with Crippen molar-refractivity contribution in [3.05, 3.63) is 35.9 Å². The number of benzene rings is 1. The van der Waals surface area contributed by atoms with Gasteiger partial charge in [-0.1, -0.05) is 30.3 Å². The van der Waals surface area contributed by atoms with Crippen LogP contribution in [0, 0.1) is 0 Å². The molecule has 2 aliphatic rings. The topological polar surface area (TPSA) is 87.2 Å². The Bertz CT molecular complexity index is 648. The fourth-order valence-electron chi connectivity index (χ4n) is 3.36. The molecule has 7 heteroatoms. The molecule has 0 spiro atoms. The number of carbonyl (C=O) groups is 3. The molecule has 0 aromatic heterocycles. The summed E-state index contributed by atoms with van der Waals surface area (Å²) in [6, 6.07) is 8.49. The van der Waals surface area contributed by atoms with Gasteiger partial charge in [0, 0.05) is 19.5 Å². The zero-order valence-electron chi connectivity index (χ0n) is 14.0. The van der Waals surface area contributed by atoms with Gasteiger partial charge in [0.05, 0.1) is 13.2 Å². The van der Waals surface area contributed by atoms with Crippen LogP contribution in [0.4, 0.5) is 0 Å². The average molecular weight is 346 g/mol. The van der Waals surface area contributed by atoms with Gasteiger partial charge in [-0.2, -0.15) is 0 Å². The van der Waals surface area contributed by atoms with Crippen LogP contribution < -0.4 is 0 Å². The van der Waals surface area contributed by atoms with E-state index < -0.39 is 18.1 Å². The van der Waals surface area contributed by atoms with Crippen LogP contribution in [-0.4, -0.2) is 65.0 Å². The van der Waals surface area contributed by atoms with Gasteiger partial charge in [0.1, 0.15) is 6.04 Å². The number of amides is 2. The summed E-state index contributed by atoms with van der Waals surface area (Å²) in [7, 11) is 0. The number of piperidine rings is 1. The van der Waals surface area contributed by atoms with Gasteiger partial charge >= 0.3 is 5.97 Å². The fourth-order valence-corrected chi connectivity index (χ4v) is 3.36. The molecule has 2 amide bonds. The van der Waals surface area contributed by atoms with Crippen LogP contribution in [0.5, 0.6) is 0 Å². The standard InChI is InChI=1S/C18H22N2O5/c21-15-8-4-5-9-20(15)16(13-6-2-1-3-7-13)17(22)19-10-11-25-14(12-19)18(23)24/h1-3,6-7,14,16H,4-5,8-12H2,(H,23,24)/t14-,16+/m1/s1. The molecule has 2 heterocycles. The van der Waals surface area contributed by atoms with Crippen molar-refractivity contribution in [1.29, 1.82) is 0 Å². The Morgan fingerprint density at radius 2 is 1.92 bits per heavy atom. The lowest BCUT2D eigenvalue weighted by Gasteiger charge is -2.39. The fraction of sp³-hybridized carbons (Fsp3) is 0.500. The monoisotopic (exact) mass is 346 g/mol. The minimum absolute atomic E-state index is 0.000466. The lowest BCUT2D eigenvalue weighted by atomic mass is 9.99. The minimum atomic E-state index is -1.08. The Hall–Kier alpha value is -2.41. The summed E-state index contributed by atoms with van der Waals surface area (Å²) in [6.07, 6.45) is 1.12. The number of rotatable bonds is 4. The second-order valence-corrected chi connectivity index (χ2v) is 6.34. The number of ether oxygens (including phenoxy) is 1. The van der Waals surface area contributed by atoms with E-state index in [1.54, 1.807) is 4.90 Å². The van der Waals surface area contributed by atoms with Crippen molar-refractivity contribution >= 4 is 17.8 Å². The van der Waals surface area contributed by atoms with Crippen molar-refractivity contribution in [2.45, 2.75) is 31.4 Å². The highest BCUT2D eigenvalue weighted by Gasteiger charge is 2.38. The molecule has 2 fully saturated rings. The first-order valence-electron chi connectivity index (χ1n) is 8.55. The van der Waals surface area contributed by atoms with Gasteiger partial charge in [-0.3, -0.25) is 9.59 Å². The van der Waals surface area contributed by atoms with Crippen LogP contribution in [0.25, 0.3) is 0 Å². The van der Waals surface area contributed by atoms with Crippen molar-refractivity contribution < 1.29 is 24.2 Å².